The van der Waals surface area contributed by atoms with E-state index in [1.807, 2.05) is 0 Å². The van der Waals surface area contributed by atoms with E-state index < -0.39 is 43.6 Å². The van der Waals surface area contributed by atoms with E-state index >= 15 is 0 Å². The van der Waals surface area contributed by atoms with Gasteiger partial charge in [0.05, 0.1) is 12.6 Å². The summed E-state index contributed by atoms with van der Waals surface area (Å²) in [6, 6.07) is 1.85. The summed E-state index contributed by atoms with van der Waals surface area (Å²) in [4.78, 5) is 15.5. The average Bonchev–Trinajstić information content (AvgIpc) is 2.83. The van der Waals surface area contributed by atoms with Gasteiger partial charge in [-0.25, -0.2) is 13.8 Å². The predicted octanol–water partition coefficient (Wildman–Crippen LogP) is 1.64. The van der Waals surface area contributed by atoms with E-state index in [-0.39, 0.29) is 18.0 Å². The molecule has 1 aliphatic heterocycles. The summed E-state index contributed by atoms with van der Waals surface area (Å²) in [6.07, 6.45) is -3.89. The molecule has 1 atom stereocenters. The van der Waals surface area contributed by atoms with Crippen molar-refractivity contribution in [2.45, 2.75) is 31.1 Å². The smallest absolute Gasteiger partial charge is 0.422 e. The lowest BCUT2D eigenvalue weighted by Crippen LogP contribution is -2.40. The molecule has 0 spiro atoms. The molecule has 1 aromatic rings. The molecule has 1 aromatic heterocycles. The van der Waals surface area contributed by atoms with Crippen molar-refractivity contribution in [3.05, 3.63) is 23.9 Å². The summed E-state index contributed by atoms with van der Waals surface area (Å²) in [6.45, 7) is -2.27. The second-order valence-electron chi connectivity index (χ2n) is 5.08. The molecular formula is C13H14F5N3O2. The fourth-order valence-corrected chi connectivity index (χ4v) is 2.05. The van der Waals surface area contributed by atoms with E-state index in [2.05, 4.69) is 20.4 Å². The molecule has 1 fully saturated rings. The Hall–Kier alpha value is -1.97. The fourth-order valence-electron chi connectivity index (χ4n) is 2.05. The van der Waals surface area contributed by atoms with E-state index in [0.29, 0.717) is 0 Å². The van der Waals surface area contributed by atoms with E-state index in [4.69, 9.17) is 0 Å². The zero-order chi connectivity index (χ0) is 17.1. The Kier molecular flexibility index (Phi) is 5.03. The molecule has 1 saturated heterocycles. The molecule has 2 rings (SSSR count). The van der Waals surface area contributed by atoms with Crippen LogP contribution in [0.1, 0.15) is 12.0 Å². The molecule has 1 amide bonds. The van der Waals surface area contributed by atoms with Gasteiger partial charge in [0.15, 0.2) is 6.61 Å². The van der Waals surface area contributed by atoms with Gasteiger partial charge in [-0.15, -0.1) is 0 Å². The van der Waals surface area contributed by atoms with Gasteiger partial charge in [0, 0.05) is 24.7 Å². The van der Waals surface area contributed by atoms with Crippen LogP contribution < -0.4 is 15.4 Å². The van der Waals surface area contributed by atoms with E-state index in [0.717, 1.165) is 0 Å². The van der Waals surface area contributed by atoms with Gasteiger partial charge in [0.1, 0.15) is 0 Å². The van der Waals surface area contributed by atoms with Gasteiger partial charge < -0.3 is 10.1 Å². The Balaban J connectivity index is 1.92. The minimum atomic E-state index is -4.52. The van der Waals surface area contributed by atoms with Crippen LogP contribution in [0.3, 0.4) is 0 Å². The highest BCUT2D eigenvalue weighted by molar-refractivity contribution is 5.82. The Morgan fingerprint density at radius 3 is 2.83 bits per heavy atom. The minimum absolute atomic E-state index is 0.177. The minimum Gasteiger partial charge on any atom is -0.468 e. The maximum Gasteiger partial charge on any atom is 0.422 e. The summed E-state index contributed by atoms with van der Waals surface area (Å²) in [5.41, 5.74) is 0.217. The number of carbonyl (C=O) groups is 1. The number of halogens is 5. The number of amides is 1. The number of rotatable bonds is 5. The quantitative estimate of drug-likeness (QED) is 0.801. The first-order valence-electron chi connectivity index (χ1n) is 6.69. The molecule has 0 aromatic carbocycles. The standard InChI is InChI=1S/C13H14F5N3O2/c14-12(15)4-9(21-6-12)10(22)20-5-8-2-1-3-19-11(8)23-7-13(16,17)18/h1-3,9,21H,4-7H2,(H,20,22). The molecule has 0 bridgehead atoms. The third-order valence-corrected chi connectivity index (χ3v) is 3.10. The van der Waals surface area contributed by atoms with Gasteiger partial charge in [-0.05, 0) is 6.07 Å². The molecule has 0 aliphatic carbocycles. The predicted molar refractivity (Wildman–Crippen MR) is 69.0 cm³/mol. The maximum absolute atomic E-state index is 13.0. The molecule has 128 valence electrons. The first kappa shape index (κ1) is 17.4. The maximum atomic E-state index is 13.0. The number of nitrogens with one attached hydrogen (secondary N) is 2. The first-order chi connectivity index (χ1) is 10.7. The first-order valence-corrected chi connectivity index (χ1v) is 6.69. The highest BCUT2D eigenvalue weighted by Crippen LogP contribution is 2.25. The molecule has 10 heteroatoms. The number of hydrogen-bond donors (Lipinski definition) is 2. The summed E-state index contributed by atoms with van der Waals surface area (Å²) in [5.74, 6) is -3.88. The molecule has 0 radical (unpaired) electrons. The van der Waals surface area contributed by atoms with Gasteiger partial charge in [-0.3, -0.25) is 10.1 Å². The number of nitrogens with zero attached hydrogens (tertiary/aromatic N) is 1. The summed E-state index contributed by atoms with van der Waals surface area (Å²) >= 11 is 0. The largest absolute Gasteiger partial charge is 0.468 e. The lowest BCUT2D eigenvalue weighted by Gasteiger charge is -2.14. The number of alkyl halides is 5. The van der Waals surface area contributed by atoms with Crippen molar-refractivity contribution in [2.24, 2.45) is 0 Å². The molecular weight excluding hydrogens is 325 g/mol. The summed E-state index contributed by atoms with van der Waals surface area (Å²) in [7, 11) is 0. The molecule has 5 nitrogen and oxygen atoms in total. The van der Waals surface area contributed by atoms with Crippen LogP contribution in [-0.4, -0.2) is 42.2 Å². The highest BCUT2D eigenvalue weighted by atomic mass is 19.4. The van der Waals surface area contributed by atoms with Crippen molar-refractivity contribution >= 4 is 5.91 Å². The van der Waals surface area contributed by atoms with Crippen LogP contribution in [0.25, 0.3) is 0 Å². The normalized spacial score (nSPS) is 20.3. The molecule has 23 heavy (non-hydrogen) atoms. The van der Waals surface area contributed by atoms with Crippen LogP contribution in [-0.2, 0) is 11.3 Å². The number of pyridine rings is 1. The van der Waals surface area contributed by atoms with Crippen molar-refractivity contribution in [1.29, 1.82) is 0 Å². The van der Waals surface area contributed by atoms with Gasteiger partial charge in [0.2, 0.25) is 11.8 Å². The van der Waals surface area contributed by atoms with Crippen LogP contribution in [0.2, 0.25) is 0 Å². The van der Waals surface area contributed by atoms with Crippen molar-refractivity contribution in [2.75, 3.05) is 13.2 Å². The van der Waals surface area contributed by atoms with E-state index in [9.17, 15) is 26.7 Å². The monoisotopic (exact) mass is 339 g/mol. The topological polar surface area (TPSA) is 63.2 Å². The second-order valence-corrected chi connectivity index (χ2v) is 5.08. The Morgan fingerprint density at radius 1 is 1.48 bits per heavy atom. The lowest BCUT2D eigenvalue weighted by atomic mass is 10.2. The Morgan fingerprint density at radius 2 is 2.22 bits per heavy atom. The molecule has 1 unspecified atom stereocenters. The molecule has 0 saturated carbocycles. The van der Waals surface area contributed by atoms with E-state index in [1.54, 1.807) is 0 Å². The SMILES string of the molecule is O=C(NCc1cccnc1OCC(F)(F)F)C1CC(F)(F)CN1. The zero-order valence-electron chi connectivity index (χ0n) is 11.8. The van der Waals surface area contributed by atoms with Crippen LogP contribution in [0.5, 0.6) is 5.88 Å². The second kappa shape index (κ2) is 6.65. The van der Waals surface area contributed by atoms with Crippen molar-refractivity contribution in [3.8, 4) is 5.88 Å². The third-order valence-electron chi connectivity index (χ3n) is 3.10. The van der Waals surface area contributed by atoms with Gasteiger partial charge in [-0.2, -0.15) is 13.2 Å². The molecule has 1 aliphatic rings. The fraction of sp³-hybridized carbons (Fsp3) is 0.538. The molecule has 2 N–H and O–H groups in total. The zero-order valence-corrected chi connectivity index (χ0v) is 11.8. The number of carbonyl (C=O) groups excluding carboxylic acids is 1. The number of hydrogen-bond acceptors (Lipinski definition) is 4. The lowest BCUT2D eigenvalue weighted by molar-refractivity contribution is -0.154. The highest BCUT2D eigenvalue weighted by Gasteiger charge is 2.42. The van der Waals surface area contributed by atoms with Crippen LogP contribution in [0, 0.1) is 0 Å². The van der Waals surface area contributed by atoms with Crippen LogP contribution >= 0.6 is 0 Å². The van der Waals surface area contributed by atoms with Crippen LogP contribution in [0.4, 0.5) is 22.0 Å². The Labute approximate surface area is 128 Å². The summed E-state index contributed by atoms with van der Waals surface area (Å²) in [5, 5.41) is 4.77. The summed E-state index contributed by atoms with van der Waals surface area (Å²) < 4.78 is 67.1. The van der Waals surface area contributed by atoms with Gasteiger partial charge >= 0.3 is 6.18 Å². The Bertz CT molecular complexity index is 565. The van der Waals surface area contributed by atoms with Gasteiger partial charge in [-0.1, -0.05) is 6.07 Å². The van der Waals surface area contributed by atoms with Crippen molar-refractivity contribution in [1.82, 2.24) is 15.6 Å². The van der Waals surface area contributed by atoms with E-state index in [1.165, 1.54) is 18.3 Å². The van der Waals surface area contributed by atoms with Gasteiger partial charge in [0.25, 0.3) is 5.92 Å². The number of ether oxygens (including phenoxy) is 1. The average molecular weight is 339 g/mol. The van der Waals surface area contributed by atoms with Crippen LogP contribution in [0.15, 0.2) is 18.3 Å². The third kappa shape index (κ3) is 5.31. The van der Waals surface area contributed by atoms with Crippen molar-refractivity contribution < 1.29 is 31.5 Å². The number of aromatic nitrogens is 1. The van der Waals surface area contributed by atoms with Crippen molar-refractivity contribution in [3.63, 3.8) is 0 Å². The molecule has 2 heterocycles.